The fraction of sp³-hybridized carbons (Fsp3) is 0.900. The summed E-state index contributed by atoms with van der Waals surface area (Å²) in [6.07, 6.45) is 5.11. The van der Waals surface area contributed by atoms with E-state index in [2.05, 4.69) is 4.90 Å². The van der Waals surface area contributed by atoms with Crippen LogP contribution >= 0.6 is 0 Å². The zero-order chi connectivity index (χ0) is 8.13. The predicted octanol–water partition coefficient (Wildman–Crippen LogP) is 1.06. The molecule has 2 bridgehead atoms. The normalized spacial score (nSPS) is 42.2. The second-order valence-corrected chi connectivity index (χ2v) is 4.56. The van der Waals surface area contributed by atoms with Gasteiger partial charge < -0.3 is 0 Å². The molecule has 1 heterocycles. The lowest BCUT2D eigenvalue weighted by Gasteiger charge is -2.30. The summed E-state index contributed by atoms with van der Waals surface area (Å²) in [5, 5.41) is 0. The molecule has 0 aromatic rings. The second-order valence-electron chi connectivity index (χ2n) is 4.56. The highest BCUT2D eigenvalue weighted by atomic mass is 16.1. The van der Waals surface area contributed by atoms with Gasteiger partial charge in [0.1, 0.15) is 5.78 Å². The molecule has 2 heteroatoms. The van der Waals surface area contributed by atoms with Gasteiger partial charge >= 0.3 is 0 Å². The van der Waals surface area contributed by atoms with Crippen molar-refractivity contribution in [1.29, 1.82) is 0 Å². The van der Waals surface area contributed by atoms with Crippen LogP contribution in [0.5, 0.6) is 0 Å². The van der Waals surface area contributed by atoms with Crippen LogP contribution in [0.2, 0.25) is 0 Å². The lowest BCUT2D eigenvalue weighted by Crippen LogP contribution is -2.43. The Morgan fingerprint density at radius 1 is 1.00 bits per heavy atom. The Hall–Kier alpha value is -0.370. The summed E-state index contributed by atoms with van der Waals surface area (Å²) in [5.74, 6) is 1.42. The Morgan fingerprint density at radius 3 is 2.08 bits per heavy atom. The second kappa shape index (κ2) is 2.32. The first-order chi connectivity index (χ1) is 5.84. The molecule has 0 spiro atoms. The third-order valence-electron chi connectivity index (χ3n) is 3.64. The van der Waals surface area contributed by atoms with Gasteiger partial charge in [-0.3, -0.25) is 9.69 Å². The Bertz CT molecular complexity index is 206. The number of carbonyl (C=O) groups is 1. The molecule has 12 heavy (non-hydrogen) atoms. The Balaban J connectivity index is 1.77. The monoisotopic (exact) mass is 165 g/mol. The van der Waals surface area contributed by atoms with Crippen LogP contribution in [0.1, 0.15) is 25.7 Å². The standard InChI is InChI=1S/C10H15NO/c12-10-7-1-2-8(10)6-11(5-7)9-3-4-9/h7-9H,1-6H2. The summed E-state index contributed by atoms with van der Waals surface area (Å²) in [6.45, 7) is 2.17. The van der Waals surface area contributed by atoms with E-state index in [-0.39, 0.29) is 0 Å². The summed E-state index contributed by atoms with van der Waals surface area (Å²) >= 11 is 0. The molecule has 2 saturated carbocycles. The number of ketones is 1. The van der Waals surface area contributed by atoms with Gasteiger partial charge in [0.15, 0.2) is 0 Å². The highest BCUT2D eigenvalue weighted by molar-refractivity contribution is 5.86. The molecular weight excluding hydrogens is 150 g/mol. The summed E-state index contributed by atoms with van der Waals surface area (Å²) in [7, 11) is 0. The van der Waals surface area contributed by atoms with E-state index < -0.39 is 0 Å². The first kappa shape index (κ1) is 7.07. The van der Waals surface area contributed by atoms with E-state index in [1.54, 1.807) is 0 Å². The zero-order valence-electron chi connectivity index (χ0n) is 7.33. The Labute approximate surface area is 72.9 Å². The zero-order valence-corrected chi connectivity index (χ0v) is 7.33. The number of fused-ring (bicyclic) bond motifs is 2. The SMILES string of the molecule is O=C1C2CCC1CN(C1CC1)C2. The van der Waals surface area contributed by atoms with Gasteiger partial charge in [-0.15, -0.1) is 0 Å². The molecule has 0 aromatic carbocycles. The maximum absolute atomic E-state index is 11.5. The van der Waals surface area contributed by atoms with Crippen molar-refractivity contribution >= 4 is 5.78 Å². The molecule has 3 rings (SSSR count). The highest BCUT2D eigenvalue weighted by Crippen LogP contribution is 2.38. The van der Waals surface area contributed by atoms with Crippen molar-refractivity contribution in [3.63, 3.8) is 0 Å². The van der Waals surface area contributed by atoms with Gasteiger partial charge in [0.25, 0.3) is 0 Å². The molecule has 2 nitrogen and oxygen atoms in total. The highest BCUT2D eigenvalue weighted by Gasteiger charge is 2.44. The van der Waals surface area contributed by atoms with E-state index >= 15 is 0 Å². The van der Waals surface area contributed by atoms with Gasteiger partial charge in [0, 0.05) is 31.0 Å². The molecule has 66 valence electrons. The van der Waals surface area contributed by atoms with Crippen molar-refractivity contribution in [3.05, 3.63) is 0 Å². The van der Waals surface area contributed by atoms with Gasteiger partial charge in [-0.25, -0.2) is 0 Å². The molecule has 3 aliphatic rings. The first-order valence-electron chi connectivity index (χ1n) is 5.12. The predicted molar refractivity (Wildman–Crippen MR) is 45.8 cm³/mol. The smallest absolute Gasteiger partial charge is 0.141 e. The van der Waals surface area contributed by atoms with Crippen molar-refractivity contribution in [2.75, 3.05) is 13.1 Å². The maximum Gasteiger partial charge on any atom is 0.141 e. The number of rotatable bonds is 1. The van der Waals surface area contributed by atoms with Crippen molar-refractivity contribution in [1.82, 2.24) is 4.90 Å². The molecule has 1 saturated heterocycles. The van der Waals surface area contributed by atoms with Crippen LogP contribution in [-0.2, 0) is 4.79 Å². The van der Waals surface area contributed by atoms with E-state index in [0.29, 0.717) is 17.6 Å². The number of nitrogens with zero attached hydrogens (tertiary/aromatic N) is 1. The number of hydrogen-bond donors (Lipinski definition) is 0. The number of Topliss-reactive ketones (excluding diaryl/α,β-unsaturated/α-hetero) is 1. The quantitative estimate of drug-likeness (QED) is 0.579. The Kier molecular flexibility index (Phi) is 1.37. The van der Waals surface area contributed by atoms with Crippen LogP contribution in [0.25, 0.3) is 0 Å². The van der Waals surface area contributed by atoms with Gasteiger partial charge in [-0.05, 0) is 25.7 Å². The Morgan fingerprint density at radius 2 is 1.58 bits per heavy atom. The minimum absolute atomic E-state index is 0.421. The topological polar surface area (TPSA) is 20.3 Å². The first-order valence-corrected chi connectivity index (χ1v) is 5.12. The number of piperidine rings is 1. The van der Waals surface area contributed by atoms with Crippen LogP contribution in [0.4, 0.5) is 0 Å². The third kappa shape index (κ3) is 0.939. The van der Waals surface area contributed by atoms with Gasteiger partial charge in [-0.2, -0.15) is 0 Å². The van der Waals surface area contributed by atoms with E-state index in [1.807, 2.05) is 0 Å². The van der Waals surface area contributed by atoms with Gasteiger partial charge in [-0.1, -0.05) is 0 Å². The molecule has 2 aliphatic carbocycles. The molecular formula is C10H15NO. The van der Waals surface area contributed by atoms with Crippen LogP contribution in [-0.4, -0.2) is 29.8 Å². The van der Waals surface area contributed by atoms with E-state index in [4.69, 9.17) is 0 Å². The molecule has 2 unspecified atom stereocenters. The number of likely N-dealkylation sites (tertiary alicyclic amines) is 1. The van der Waals surface area contributed by atoms with E-state index in [1.165, 1.54) is 25.7 Å². The molecule has 1 aliphatic heterocycles. The maximum atomic E-state index is 11.5. The van der Waals surface area contributed by atoms with Gasteiger partial charge in [0.05, 0.1) is 0 Å². The summed E-state index contributed by atoms with van der Waals surface area (Å²) in [6, 6.07) is 0.862. The third-order valence-corrected chi connectivity index (χ3v) is 3.64. The average molecular weight is 165 g/mol. The van der Waals surface area contributed by atoms with Crippen molar-refractivity contribution in [2.45, 2.75) is 31.7 Å². The summed E-state index contributed by atoms with van der Waals surface area (Å²) in [4.78, 5) is 14.1. The van der Waals surface area contributed by atoms with Crippen molar-refractivity contribution in [2.24, 2.45) is 11.8 Å². The minimum atomic E-state index is 0.421. The van der Waals surface area contributed by atoms with Gasteiger partial charge in [0.2, 0.25) is 0 Å². The van der Waals surface area contributed by atoms with Crippen LogP contribution in [0.15, 0.2) is 0 Å². The summed E-state index contributed by atoms with van der Waals surface area (Å²) < 4.78 is 0. The average Bonchev–Trinajstić information content (AvgIpc) is 2.87. The lowest BCUT2D eigenvalue weighted by atomic mass is 9.97. The number of hydrogen-bond acceptors (Lipinski definition) is 2. The lowest BCUT2D eigenvalue weighted by molar-refractivity contribution is -0.127. The van der Waals surface area contributed by atoms with Crippen LogP contribution in [0.3, 0.4) is 0 Å². The molecule has 0 radical (unpaired) electrons. The molecule has 2 atom stereocenters. The molecule has 0 amide bonds. The van der Waals surface area contributed by atoms with Crippen LogP contribution in [0, 0.1) is 11.8 Å². The van der Waals surface area contributed by atoms with E-state index in [0.717, 1.165) is 19.1 Å². The number of carbonyl (C=O) groups excluding carboxylic acids is 1. The van der Waals surface area contributed by atoms with E-state index in [9.17, 15) is 4.79 Å². The van der Waals surface area contributed by atoms with Crippen LogP contribution < -0.4 is 0 Å². The molecule has 0 aromatic heterocycles. The molecule has 3 fully saturated rings. The summed E-state index contributed by atoms with van der Waals surface area (Å²) in [5.41, 5.74) is 0. The minimum Gasteiger partial charge on any atom is -0.299 e. The molecule has 0 N–H and O–H groups in total. The fourth-order valence-electron chi connectivity index (χ4n) is 2.76. The largest absolute Gasteiger partial charge is 0.299 e. The van der Waals surface area contributed by atoms with Crippen molar-refractivity contribution in [3.8, 4) is 0 Å². The fourth-order valence-corrected chi connectivity index (χ4v) is 2.76. The van der Waals surface area contributed by atoms with Crippen molar-refractivity contribution < 1.29 is 4.79 Å².